The summed E-state index contributed by atoms with van der Waals surface area (Å²) in [6, 6.07) is 10.2. The van der Waals surface area contributed by atoms with Gasteiger partial charge < -0.3 is 9.84 Å². The first-order chi connectivity index (χ1) is 11.2. The van der Waals surface area contributed by atoms with Crippen molar-refractivity contribution in [1.82, 2.24) is 0 Å². The van der Waals surface area contributed by atoms with E-state index < -0.39 is 6.10 Å². The zero-order valence-corrected chi connectivity index (χ0v) is 14.7. The van der Waals surface area contributed by atoms with Crippen LogP contribution in [0.25, 0.3) is 11.1 Å². The first kappa shape index (κ1) is 17.7. The lowest BCUT2D eigenvalue weighted by molar-refractivity contribution is 0.109. The zero-order valence-electron chi connectivity index (χ0n) is 13.9. The third kappa shape index (κ3) is 4.90. The van der Waals surface area contributed by atoms with Crippen LogP contribution in [-0.2, 0) is 4.74 Å². The zero-order chi connectivity index (χ0) is 16.7. The monoisotopic (exact) mass is 328 g/mol. The topological polar surface area (TPSA) is 29.5 Å². The number of thiophene rings is 1. The molecule has 2 rings (SSSR count). The van der Waals surface area contributed by atoms with E-state index in [4.69, 9.17) is 4.74 Å². The van der Waals surface area contributed by atoms with Crippen molar-refractivity contribution in [3.05, 3.63) is 70.5 Å². The van der Waals surface area contributed by atoms with Gasteiger partial charge in [-0.15, -0.1) is 0 Å². The van der Waals surface area contributed by atoms with Crippen LogP contribution in [-0.4, -0.2) is 17.8 Å². The van der Waals surface area contributed by atoms with Crippen LogP contribution < -0.4 is 0 Å². The molecule has 0 aliphatic carbocycles. The van der Waals surface area contributed by atoms with E-state index in [2.05, 4.69) is 29.0 Å². The van der Waals surface area contributed by atoms with Crippen molar-refractivity contribution in [2.45, 2.75) is 33.0 Å². The number of aliphatic hydroxyl groups excluding tert-OH is 1. The van der Waals surface area contributed by atoms with E-state index in [1.807, 2.05) is 51.1 Å². The minimum atomic E-state index is -0.624. The molecule has 2 atom stereocenters. The third-order valence-electron chi connectivity index (χ3n) is 3.72. The Balaban J connectivity index is 2.10. The second kappa shape index (κ2) is 8.82. The van der Waals surface area contributed by atoms with E-state index in [1.165, 1.54) is 11.1 Å². The predicted molar refractivity (Wildman–Crippen MR) is 98.7 cm³/mol. The van der Waals surface area contributed by atoms with Gasteiger partial charge in [-0.1, -0.05) is 42.5 Å². The fourth-order valence-electron chi connectivity index (χ4n) is 2.39. The standard InChI is InChI=1S/C20H24O2S/c1-4-16(7-6-15(3)22-5-2)20(21)18-10-8-17(9-11-18)19-12-13-23-14-19/h4,6-15,20-21H,5H2,1-3H3/b7-6-,16-4+. The number of benzene rings is 1. The minimum absolute atomic E-state index is 0.0446. The third-order valence-corrected chi connectivity index (χ3v) is 4.40. The maximum Gasteiger partial charge on any atom is 0.104 e. The number of hydrogen-bond donors (Lipinski definition) is 1. The average Bonchev–Trinajstić information content (AvgIpc) is 3.10. The highest BCUT2D eigenvalue weighted by Crippen LogP contribution is 2.27. The van der Waals surface area contributed by atoms with Crippen molar-refractivity contribution in [3.8, 4) is 11.1 Å². The number of rotatable bonds is 7. The predicted octanol–water partition coefficient (Wildman–Crippen LogP) is 5.38. The number of hydrogen-bond acceptors (Lipinski definition) is 3. The Kier molecular flexibility index (Phi) is 6.78. The van der Waals surface area contributed by atoms with Crippen molar-refractivity contribution in [2.24, 2.45) is 0 Å². The molecule has 1 aromatic carbocycles. The summed E-state index contributed by atoms with van der Waals surface area (Å²) in [4.78, 5) is 0. The molecule has 0 saturated carbocycles. The van der Waals surface area contributed by atoms with E-state index in [0.29, 0.717) is 6.61 Å². The van der Waals surface area contributed by atoms with Crippen molar-refractivity contribution >= 4 is 11.3 Å². The van der Waals surface area contributed by atoms with E-state index in [-0.39, 0.29) is 6.10 Å². The van der Waals surface area contributed by atoms with Crippen LogP contribution in [0.2, 0.25) is 0 Å². The van der Waals surface area contributed by atoms with Gasteiger partial charge in [0.25, 0.3) is 0 Å². The lowest BCUT2D eigenvalue weighted by Gasteiger charge is -2.14. The number of allylic oxidation sites excluding steroid dienone is 1. The van der Waals surface area contributed by atoms with Gasteiger partial charge in [0, 0.05) is 6.61 Å². The molecule has 3 heteroatoms. The fraction of sp³-hybridized carbons (Fsp3) is 0.300. The van der Waals surface area contributed by atoms with E-state index >= 15 is 0 Å². The summed E-state index contributed by atoms with van der Waals surface area (Å²) in [5, 5.41) is 14.8. The summed E-state index contributed by atoms with van der Waals surface area (Å²) < 4.78 is 5.48. The Morgan fingerprint density at radius 1 is 1.22 bits per heavy atom. The highest BCUT2D eigenvalue weighted by molar-refractivity contribution is 7.08. The van der Waals surface area contributed by atoms with Crippen molar-refractivity contribution in [1.29, 1.82) is 0 Å². The molecule has 0 aliphatic heterocycles. The van der Waals surface area contributed by atoms with Crippen LogP contribution >= 0.6 is 11.3 Å². The maximum atomic E-state index is 10.6. The van der Waals surface area contributed by atoms with Gasteiger partial charge in [0.2, 0.25) is 0 Å². The molecule has 122 valence electrons. The Hall–Kier alpha value is -1.68. The average molecular weight is 328 g/mol. The summed E-state index contributed by atoms with van der Waals surface area (Å²) in [5.74, 6) is 0. The molecule has 0 fully saturated rings. The van der Waals surface area contributed by atoms with Crippen LogP contribution in [0.5, 0.6) is 0 Å². The molecule has 0 saturated heterocycles. The minimum Gasteiger partial charge on any atom is -0.384 e. The lowest BCUT2D eigenvalue weighted by atomic mass is 9.98. The summed E-state index contributed by atoms with van der Waals surface area (Å²) in [7, 11) is 0. The molecule has 23 heavy (non-hydrogen) atoms. The molecular weight excluding hydrogens is 304 g/mol. The smallest absolute Gasteiger partial charge is 0.104 e. The maximum absolute atomic E-state index is 10.6. The van der Waals surface area contributed by atoms with Gasteiger partial charge >= 0.3 is 0 Å². The lowest BCUT2D eigenvalue weighted by Crippen LogP contribution is -2.05. The van der Waals surface area contributed by atoms with Crippen molar-refractivity contribution in [3.63, 3.8) is 0 Å². The van der Waals surface area contributed by atoms with Gasteiger partial charge in [-0.3, -0.25) is 0 Å². The SMILES string of the molecule is C/C=C(\C=C/C(C)OCC)C(O)c1ccc(-c2ccsc2)cc1. The Morgan fingerprint density at radius 3 is 2.52 bits per heavy atom. The van der Waals surface area contributed by atoms with Gasteiger partial charge in [-0.2, -0.15) is 11.3 Å². The molecule has 0 spiro atoms. The van der Waals surface area contributed by atoms with Crippen LogP contribution in [0.4, 0.5) is 0 Å². The van der Waals surface area contributed by atoms with Gasteiger partial charge in [0.15, 0.2) is 0 Å². The van der Waals surface area contributed by atoms with Crippen molar-refractivity contribution in [2.75, 3.05) is 6.61 Å². The molecule has 2 aromatic rings. The molecule has 0 bridgehead atoms. The molecular formula is C20H24O2S. The second-order valence-electron chi connectivity index (χ2n) is 5.34. The Morgan fingerprint density at radius 2 is 1.96 bits per heavy atom. The molecule has 1 heterocycles. The van der Waals surface area contributed by atoms with Crippen LogP contribution in [0, 0.1) is 0 Å². The fourth-order valence-corrected chi connectivity index (χ4v) is 3.05. The summed E-state index contributed by atoms with van der Waals surface area (Å²) in [5.41, 5.74) is 4.16. The molecule has 0 radical (unpaired) electrons. The molecule has 1 aromatic heterocycles. The molecule has 1 N–H and O–H groups in total. The normalized spacial score (nSPS) is 15.0. The van der Waals surface area contributed by atoms with Gasteiger partial charge in [0.1, 0.15) is 6.10 Å². The van der Waals surface area contributed by atoms with Crippen LogP contribution in [0.3, 0.4) is 0 Å². The molecule has 2 nitrogen and oxygen atoms in total. The van der Waals surface area contributed by atoms with Crippen LogP contribution in [0.1, 0.15) is 32.4 Å². The quantitative estimate of drug-likeness (QED) is 0.692. The summed E-state index contributed by atoms with van der Waals surface area (Å²) in [6.07, 6.45) is 5.27. The van der Waals surface area contributed by atoms with Gasteiger partial charge in [-0.05, 0) is 59.9 Å². The highest BCUT2D eigenvalue weighted by Gasteiger charge is 2.11. The molecule has 0 aliphatic rings. The number of ether oxygens (including phenoxy) is 1. The molecule has 2 unspecified atom stereocenters. The highest BCUT2D eigenvalue weighted by atomic mass is 32.1. The Labute approximate surface area is 142 Å². The van der Waals surface area contributed by atoms with Crippen molar-refractivity contribution < 1.29 is 9.84 Å². The largest absolute Gasteiger partial charge is 0.384 e. The van der Waals surface area contributed by atoms with Gasteiger partial charge in [-0.25, -0.2) is 0 Å². The first-order valence-corrected chi connectivity index (χ1v) is 8.86. The first-order valence-electron chi connectivity index (χ1n) is 7.92. The number of aliphatic hydroxyl groups is 1. The molecule has 0 amide bonds. The Bertz CT molecular complexity index is 639. The van der Waals surface area contributed by atoms with E-state index in [9.17, 15) is 5.11 Å². The summed E-state index contributed by atoms with van der Waals surface area (Å²) in [6.45, 7) is 6.59. The van der Waals surface area contributed by atoms with Gasteiger partial charge in [0.05, 0.1) is 6.10 Å². The van der Waals surface area contributed by atoms with Crippen LogP contribution in [0.15, 0.2) is 64.9 Å². The second-order valence-corrected chi connectivity index (χ2v) is 6.12. The van der Waals surface area contributed by atoms with E-state index in [0.717, 1.165) is 11.1 Å². The van der Waals surface area contributed by atoms with E-state index in [1.54, 1.807) is 11.3 Å². The summed E-state index contributed by atoms with van der Waals surface area (Å²) >= 11 is 1.69.